The molecule has 3 heteroatoms. The average Bonchev–Trinajstić information content (AvgIpc) is 2.70. The highest BCUT2D eigenvalue weighted by molar-refractivity contribution is 7.99. The van der Waals surface area contributed by atoms with Crippen molar-refractivity contribution < 1.29 is 0 Å². The fraction of sp³-hybridized carbons (Fsp3) is 0. The molecule has 2 aromatic carbocycles. The SMILES string of the molecule is c1ccc(-c2cccc(Sc3cccc(-c4ccccn4)c3)c2)nc1. The molecule has 0 spiro atoms. The summed E-state index contributed by atoms with van der Waals surface area (Å²) < 4.78 is 0. The van der Waals surface area contributed by atoms with Crippen LogP contribution in [0, 0.1) is 0 Å². The van der Waals surface area contributed by atoms with Crippen molar-refractivity contribution in [2.45, 2.75) is 9.79 Å². The van der Waals surface area contributed by atoms with Crippen molar-refractivity contribution in [3.8, 4) is 22.5 Å². The van der Waals surface area contributed by atoms with Gasteiger partial charge in [0.1, 0.15) is 0 Å². The zero-order chi connectivity index (χ0) is 16.9. The van der Waals surface area contributed by atoms with Crippen LogP contribution < -0.4 is 0 Å². The van der Waals surface area contributed by atoms with Crippen LogP contribution in [0.4, 0.5) is 0 Å². The molecule has 2 heterocycles. The molecule has 2 aromatic heterocycles. The molecule has 0 radical (unpaired) electrons. The molecule has 120 valence electrons. The molecular weight excluding hydrogens is 324 g/mol. The molecule has 0 N–H and O–H groups in total. The lowest BCUT2D eigenvalue weighted by Gasteiger charge is -2.07. The number of pyridine rings is 2. The van der Waals surface area contributed by atoms with E-state index in [0.29, 0.717) is 0 Å². The predicted molar refractivity (Wildman–Crippen MR) is 103 cm³/mol. The molecule has 0 unspecified atom stereocenters. The van der Waals surface area contributed by atoms with Crippen LogP contribution in [0.3, 0.4) is 0 Å². The van der Waals surface area contributed by atoms with E-state index in [1.807, 2.05) is 48.8 Å². The highest BCUT2D eigenvalue weighted by atomic mass is 32.2. The Bertz CT molecular complexity index is 888. The Morgan fingerprint density at radius 3 is 1.48 bits per heavy atom. The van der Waals surface area contributed by atoms with Gasteiger partial charge in [-0.3, -0.25) is 9.97 Å². The first-order valence-electron chi connectivity index (χ1n) is 8.09. The Hall–Kier alpha value is -2.91. The van der Waals surface area contributed by atoms with Crippen molar-refractivity contribution in [3.63, 3.8) is 0 Å². The molecule has 0 aliphatic carbocycles. The molecular formula is C22H16N2S. The molecule has 0 saturated heterocycles. The summed E-state index contributed by atoms with van der Waals surface area (Å²) in [6, 6.07) is 28.9. The summed E-state index contributed by atoms with van der Waals surface area (Å²) in [5.41, 5.74) is 4.25. The minimum absolute atomic E-state index is 0.993. The minimum atomic E-state index is 0.993. The summed E-state index contributed by atoms with van der Waals surface area (Å²) in [4.78, 5) is 11.3. The maximum absolute atomic E-state index is 4.43. The summed E-state index contributed by atoms with van der Waals surface area (Å²) >= 11 is 1.75. The van der Waals surface area contributed by atoms with E-state index in [1.165, 1.54) is 9.79 Å². The first-order valence-corrected chi connectivity index (χ1v) is 8.91. The first-order chi connectivity index (χ1) is 12.4. The van der Waals surface area contributed by atoms with Crippen molar-refractivity contribution in [3.05, 3.63) is 97.3 Å². The normalized spacial score (nSPS) is 10.6. The van der Waals surface area contributed by atoms with Gasteiger partial charge in [-0.1, -0.05) is 48.2 Å². The molecule has 4 aromatic rings. The van der Waals surface area contributed by atoms with Crippen LogP contribution in [-0.2, 0) is 0 Å². The molecule has 0 atom stereocenters. The molecule has 4 rings (SSSR count). The van der Waals surface area contributed by atoms with Crippen LogP contribution in [-0.4, -0.2) is 9.97 Å². The van der Waals surface area contributed by atoms with Gasteiger partial charge in [0.05, 0.1) is 11.4 Å². The van der Waals surface area contributed by atoms with Crippen molar-refractivity contribution in [1.29, 1.82) is 0 Å². The van der Waals surface area contributed by atoms with E-state index in [-0.39, 0.29) is 0 Å². The van der Waals surface area contributed by atoms with Crippen molar-refractivity contribution in [2.75, 3.05) is 0 Å². The summed E-state index contributed by atoms with van der Waals surface area (Å²) in [5, 5.41) is 0. The average molecular weight is 340 g/mol. The largest absolute Gasteiger partial charge is 0.256 e. The lowest BCUT2D eigenvalue weighted by molar-refractivity contribution is 1.30. The summed E-state index contributed by atoms with van der Waals surface area (Å²) in [5.74, 6) is 0. The Morgan fingerprint density at radius 2 is 1.04 bits per heavy atom. The maximum Gasteiger partial charge on any atom is 0.0702 e. The quantitative estimate of drug-likeness (QED) is 0.458. The molecule has 0 saturated carbocycles. The van der Waals surface area contributed by atoms with E-state index in [4.69, 9.17) is 0 Å². The van der Waals surface area contributed by atoms with Crippen molar-refractivity contribution in [1.82, 2.24) is 9.97 Å². The van der Waals surface area contributed by atoms with Gasteiger partial charge in [0.25, 0.3) is 0 Å². The number of hydrogen-bond donors (Lipinski definition) is 0. The molecule has 0 bridgehead atoms. The number of benzene rings is 2. The molecule has 2 nitrogen and oxygen atoms in total. The maximum atomic E-state index is 4.43. The van der Waals surface area contributed by atoms with Crippen LogP contribution in [0.5, 0.6) is 0 Å². The van der Waals surface area contributed by atoms with E-state index in [0.717, 1.165) is 22.5 Å². The number of aromatic nitrogens is 2. The van der Waals surface area contributed by atoms with Gasteiger partial charge in [-0.05, 0) is 48.5 Å². The summed E-state index contributed by atoms with van der Waals surface area (Å²) in [7, 11) is 0. The second kappa shape index (κ2) is 7.32. The van der Waals surface area contributed by atoms with Gasteiger partial charge < -0.3 is 0 Å². The summed E-state index contributed by atoms with van der Waals surface area (Å²) in [6.45, 7) is 0. The van der Waals surface area contributed by atoms with Gasteiger partial charge in [-0.2, -0.15) is 0 Å². The second-order valence-electron chi connectivity index (χ2n) is 5.59. The van der Waals surface area contributed by atoms with Crippen LogP contribution >= 0.6 is 11.8 Å². The van der Waals surface area contributed by atoms with Crippen LogP contribution in [0.15, 0.2) is 107 Å². The molecule has 0 fully saturated rings. The third kappa shape index (κ3) is 3.78. The lowest BCUT2D eigenvalue weighted by Crippen LogP contribution is -1.84. The zero-order valence-corrected chi connectivity index (χ0v) is 14.4. The minimum Gasteiger partial charge on any atom is -0.256 e. The molecule has 25 heavy (non-hydrogen) atoms. The molecule has 0 aliphatic rings. The van der Waals surface area contributed by atoms with E-state index in [1.54, 1.807) is 11.8 Å². The van der Waals surface area contributed by atoms with E-state index < -0.39 is 0 Å². The lowest BCUT2D eigenvalue weighted by atomic mass is 10.1. The van der Waals surface area contributed by atoms with Gasteiger partial charge in [0.2, 0.25) is 0 Å². The van der Waals surface area contributed by atoms with Gasteiger partial charge in [-0.15, -0.1) is 0 Å². The monoisotopic (exact) mass is 340 g/mol. The Balaban J connectivity index is 1.61. The number of rotatable bonds is 4. The van der Waals surface area contributed by atoms with Crippen LogP contribution in [0.1, 0.15) is 0 Å². The molecule has 0 amide bonds. The van der Waals surface area contributed by atoms with Gasteiger partial charge >= 0.3 is 0 Å². The second-order valence-corrected chi connectivity index (χ2v) is 6.73. The fourth-order valence-corrected chi connectivity index (χ4v) is 3.58. The Kier molecular flexibility index (Phi) is 4.57. The predicted octanol–water partition coefficient (Wildman–Crippen LogP) is 5.96. The standard InChI is InChI=1S/C22H16N2S/c1-3-13-23-21(11-1)17-7-5-9-19(15-17)25-20-10-6-8-18(16-20)22-12-2-4-14-24-22/h1-16H. The Labute approximate surface area is 151 Å². The van der Waals surface area contributed by atoms with Crippen LogP contribution in [0.2, 0.25) is 0 Å². The highest BCUT2D eigenvalue weighted by Gasteiger charge is 2.04. The third-order valence-corrected chi connectivity index (χ3v) is 4.80. The van der Waals surface area contributed by atoms with Crippen molar-refractivity contribution in [2.24, 2.45) is 0 Å². The Morgan fingerprint density at radius 1 is 0.520 bits per heavy atom. The van der Waals surface area contributed by atoms with Gasteiger partial charge in [-0.25, -0.2) is 0 Å². The smallest absolute Gasteiger partial charge is 0.0702 e. The zero-order valence-electron chi connectivity index (χ0n) is 13.5. The van der Waals surface area contributed by atoms with Gasteiger partial charge in [0.15, 0.2) is 0 Å². The highest BCUT2D eigenvalue weighted by Crippen LogP contribution is 2.32. The van der Waals surface area contributed by atoms with E-state index >= 15 is 0 Å². The topological polar surface area (TPSA) is 25.8 Å². The number of hydrogen-bond acceptors (Lipinski definition) is 3. The van der Waals surface area contributed by atoms with E-state index in [2.05, 4.69) is 58.5 Å². The summed E-state index contributed by atoms with van der Waals surface area (Å²) in [6.07, 6.45) is 3.65. The molecule has 0 aliphatic heterocycles. The fourth-order valence-electron chi connectivity index (χ4n) is 2.64. The number of nitrogens with zero attached hydrogens (tertiary/aromatic N) is 2. The van der Waals surface area contributed by atoms with Gasteiger partial charge in [0, 0.05) is 33.3 Å². The van der Waals surface area contributed by atoms with Crippen molar-refractivity contribution >= 4 is 11.8 Å². The first kappa shape index (κ1) is 15.6. The van der Waals surface area contributed by atoms with Crippen LogP contribution in [0.25, 0.3) is 22.5 Å². The third-order valence-electron chi connectivity index (χ3n) is 3.83. The van der Waals surface area contributed by atoms with E-state index in [9.17, 15) is 0 Å².